The van der Waals surface area contributed by atoms with Crippen molar-refractivity contribution in [2.75, 3.05) is 7.11 Å². The third-order valence-electron chi connectivity index (χ3n) is 1.35. The Morgan fingerprint density at radius 2 is 1.82 bits per heavy atom. The van der Waals surface area contributed by atoms with E-state index in [1.54, 1.807) is 6.92 Å². The van der Waals surface area contributed by atoms with Crippen molar-refractivity contribution in [3.8, 4) is 0 Å². The summed E-state index contributed by atoms with van der Waals surface area (Å²) in [6.07, 6.45) is 0. The molecule has 0 fully saturated rings. The Morgan fingerprint density at radius 1 is 1.36 bits per heavy atom. The quantitative estimate of drug-likeness (QED) is 0.598. The second-order valence-electron chi connectivity index (χ2n) is 2.54. The minimum Gasteiger partial charge on any atom is -0.468 e. The Bertz CT molecular complexity index is 165. The number of hydrogen-bond acceptors (Lipinski definition) is 3. The summed E-state index contributed by atoms with van der Waals surface area (Å²) in [5.74, 6) is -0.406. The summed E-state index contributed by atoms with van der Waals surface area (Å²) in [5.41, 5.74) is 0. The lowest BCUT2D eigenvalue weighted by Crippen LogP contribution is -2.28. The molecule has 0 aromatic heterocycles. The van der Waals surface area contributed by atoms with Crippen molar-refractivity contribution in [2.45, 2.75) is 31.3 Å². The molecule has 3 nitrogen and oxygen atoms in total. The van der Waals surface area contributed by atoms with Crippen LogP contribution < -0.4 is 0 Å². The number of carbonyl (C=O) groups excluding carboxylic acids is 1. The molecule has 0 amide bonds. The van der Waals surface area contributed by atoms with Gasteiger partial charge < -0.3 is 4.74 Å². The van der Waals surface area contributed by atoms with Gasteiger partial charge in [0.25, 0.3) is 0 Å². The molecule has 0 rings (SSSR count). The van der Waals surface area contributed by atoms with Crippen LogP contribution >= 0.6 is 0 Å². The number of carbonyl (C=O) groups is 1. The van der Waals surface area contributed by atoms with Crippen molar-refractivity contribution >= 4 is 16.8 Å². The fourth-order valence-corrected chi connectivity index (χ4v) is 1.77. The zero-order valence-electron chi connectivity index (χ0n) is 7.29. The molecule has 0 saturated carbocycles. The second-order valence-corrected chi connectivity index (χ2v) is 4.85. The van der Waals surface area contributed by atoms with Crippen LogP contribution in [-0.4, -0.2) is 27.8 Å². The lowest BCUT2D eigenvalue weighted by molar-refractivity contribution is -0.139. The molecule has 0 heterocycles. The number of hydrogen-bond donors (Lipinski definition) is 0. The van der Waals surface area contributed by atoms with Crippen LogP contribution in [0.25, 0.3) is 0 Å². The van der Waals surface area contributed by atoms with Crippen LogP contribution in [0, 0.1) is 0 Å². The standard InChI is InChI=1S/C7H14O3S/c1-5(2)11(9)6(3)7(8)10-4/h5-6H,1-4H3. The molecule has 2 atom stereocenters. The molecule has 0 radical (unpaired) electrons. The number of rotatable bonds is 3. The van der Waals surface area contributed by atoms with Crippen LogP contribution in [-0.2, 0) is 20.3 Å². The Balaban J connectivity index is 4.13. The van der Waals surface area contributed by atoms with Gasteiger partial charge in [-0.2, -0.15) is 0 Å². The van der Waals surface area contributed by atoms with Crippen LogP contribution in [0.4, 0.5) is 0 Å². The van der Waals surface area contributed by atoms with Gasteiger partial charge in [0, 0.05) is 16.0 Å². The highest BCUT2D eigenvalue weighted by Gasteiger charge is 2.22. The van der Waals surface area contributed by atoms with E-state index in [0.29, 0.717) is 0 Å². The van der Waals surface area contributed by atoms with E-state index in [4.69, 9.17) is 0 Å². The van der Waals surface area contributed by atoms with E-state index in [-0.39, 0.29) is 5.25 Å². The lowest BCUT2D eigenvalue weighted by Gasteiger charge is -2.10. The van der Waals surface area contributed by atoms with Gasteiger partial charge in [0.15, 0.2) is 0 Å². The molecule has 0 saturated heterocycles. The molecule has 0 N–H and O–H groups in total. The van der Waals surface area contributed by atoms with Gasteiger partial charge in [-0.15, -0.1) is 0 Å². The molecule has 0 aliphatic heterocycles. The molecule has 2 unspecified atom stereocenters. The molecular weight excluding hydrogens is 164 g/mol. The molecule has 0 aliphatic rings. The smallest absolute Gasteiger partial charge is 0.321 e. The van der Waals surface area contributed by atoms with Gasteiger partial charge in [-0.25, -0.2) is 0 Å². The summed E-state index contributed by atoms with van der Waals surface area (Å²) in [4.78, 5) is 10.8. The fraction of sp³-hybridized carbons (Fsp3) is 0.857. The first-order valence-electron chi connectivity index (χ1n) is 3.48. The summed E-state index contributed by atoms with van der Waals surface area (Å²) < 4.78 is 15.7. The van der Waals surface area contributed by atoms with Gasteiger partial charge in [-0.05, 0) is 6.92 Å². The van der Waals surface area contributed by atoms with Crippen molar-refractivity contribution in [1.29, 1.82) is 0 Å². The van der Waals surface area contributed by atoms with Gasteiger partial charge in [-0.3, -0.25) is 9.00 Å². The number of esters is 1. The predicted octanol–water partition coefficient (Wildman–Crippen LogP) is 0.705. The van der Waals surface area contributed by atoms with Gasteiger partial charge in [-0.1, -0.05) is 13.8 Å². The maximum absolute atomic E-state index is 11.3. The monoisotopic (exact) mass is 178 g/mol. The number of methoxy groups -OCH3 is 1. The molecule has 66 valence electrons. The summed E-state index contributed by atoms with van der Waals surface area (Å²) in [5, 5.41) is -0.510. The lowest BCUT2D eigenvalue weighted by atomic mass is 10.5. The van der Waals surface area contributed by atoms with Gasteiger partial charge in [0.1, 0.15) is 5.25 Å². The molecular formula is C7H14O3S. The maximum atomic E-state index is 11.3. The average molecular weight is 178 g/mol. The largest absolute Gasteiger partial charge is 0.468 e. The Labute approximate surface area is 69.6 Å². The molecule has 11 heavy (non-hydrogen) atoms. The average Bonchev–Trinajstić information content (AvgIpc) is 2.00. The molecule has 0 bridgehead atoms. The molecule has 0 aliphatic carbocycles. The van der Waals surface area contributed by atoms with E-state index >= 15 is 0 Å². The highest BCUT2D eigenvalue weighted by atomic mass is 32.2. The second kappa shape index (κ2) is 4.49. The summed E-state index contributed by atoms with van der Waals surface area (Å²) in [6.45, 7) is 5.24. The molecule has 0 aromatic rings. The topological polar surface area (TPSA) is 43.4 Å². The van der Waals surface area contributed by atoms with Crippen molar-refractivity contribution < 1.29 is 13.7 Å². The zero-order valence-corrected chi connectivity index (χ0v) is 8.10. The fourth-order valence-electron chi connectivity index (χ4n) is 0.669. The minimum atomic E-state index is -1.12. The minimum absolute atomic E-state index is 0.00380. The van der Waals surface area contributed by atoms with Crippen LogP contribution in [0.15, 0.2) is 0 Å². The van der Waals surface area contributed by atoms with Crippen molar-refractivity contribution in [1.82, 2.24) is 0 Å². The van der Waals surface area contributed by atoms with E-state index in [9.17, 15) is 9.00 Å². The third-order valence-corrected chi connectivity index (χ3v) is 3.16. The first-order chi connectivity index (χ1) is 5.00. The molecule has 4 heteroatoms. The van der Waals surface area contributed by atoms with Crippen molar-refractivity contribution in [2.24, 2.45) is 0 Å². The Hall–Kier alpha value is -0.380. The summed E-state index contributed by atoms with van der Waals surface area (Å²) in [7, 11) is 0.181. The molecule has 0 spiro atoms. The van der Waals surface area contributed by atoms with Crippen LogP contribution in [0.5, 0.6) is 0 Å². The number of ether oxygens (including phenoxy) is 1. The normalized spacial score (nSPS) is 16.1. The Kier molecular flexibility index (Phi) is 4.33. The van der Waals surface area contributed by atoms with E-state index < -0.39 is 22.0 Å². The van der Waals surface area contributed by atoms with Crippen molar-refractivity contribution in [3.05, 3.63) is 0 Å². The van der Waals surface area contributed by atoms with E-state index in [0.717, 1.165) is 0 Å². The van der Waals surface area contributed by atoms with Crippen LogP contribution in [0.2, 0.25) is 0 Å². The van der Waals surface area contributed by atoms with Crippen LogP contribution in [0.1, 0.15) is 20.8 Å². The summed E-state index contributed by atoms with van der Waals surface area (Å²) >= 11 is 0. The van der Waals surface area contributed by atoms with E-state index in [1.807, 2.05) is 13.8 Å². The first-order valence-corrected chi connectivity index (χ1v) is 4.75. The van der Waals surface area contributed by atoms with Crippen LogP contribution in [0.3, 0.4) is 0 Å². The van der Waals surface area contributed by atoms with Gasteiger partial charge in [0.05, 0.1) is 7.11 Å². The summed E-state index contributed by atoms with van der Waals surface area (Å²) in [6, 6.07) is 0. The SMILES string of the molecule is COC(=O)C(C)S(=O)C(C)C. The first kappa shape index (κ1) is 10.6. The maximum Gasteiger partial charge on any atom is 0.321 e. The molecule has 0 aromatic carbocycles. The Morgan fingerprint density at radius 3 is 2.09 bits per heavy atom. The van der Waals surface area contributed by atoms with E-state index in [2.05, 4.69) is 4.74 Å². The van der Waals surface area contributed by atoms with Gasteiger partial charge in [0.2, 0.25) is 0 Å². The van der Waals surface area contributed by atoms with E-state index in [1.165, 1.54) is 7.11 Å². The van der Waals surface area contributed by atoms with Gasteiger partial charge >= 0.3 is 5.97 Å². The third kappa shape index (κ3) is 3.01. The highest BCUT2D eigenvalue weighted by Crippen LogP contribution is 2.04. The predicted molar refractivity (Wildman–Crippen MR) is 44.8 cm³/mol. The zero-order chi connectivity index (χ0) is 9.02. The van der Waals surface area contributed by atoms with Crippen molar-refractivity contribution in [3.63, 3.8) is 0 Å². The highest BCUT2D eigenvalue weighted by molar-refractivity contribution is 7.87.